The predicted octanol–water partition coefficient (Wildman–Crippen LogP) is 4.65. The van der Waals surface area contributed by atoms with Crippen molar-refractivity contribution in [2.45, 2.75) is 44.6 Å². The lowest BCUT2D eigenvalue weighted by atomic mass is 9.82. The molecule has 104 valence electrons. The molecule has 0 heterocycles. The van der Waals surface area contributed by atoms with Crippen molar-refractivity contribution in [1.29, 1.82) is 0 Å². The van der Waals surface area contributed by atoms with E-state index >= 15 is 0 Å². The maximum absolute atomic E-state index is 5.99. The normalized spacial score (nSPS) is 22.7. The van der Waals surface area contributed by atoms with E-state index in [0.29, 0.717) is 12.0 Å². The highest BCUT2D eigenvalue weighted by Crippen LogP contribution is 2.33. The van der Waals surface area contributed by atoms with E-state index in [4.69, 9.17) is 5.73 Å². The quantitative estimate of drug-likeness (QED) is 0.840. The third kappa shape index (κ3) is 2.94. The first kappa shape index (κ1) is 13.4. The summed E-state index contributed by atoms with van der Waals surface area (Å²) >= 11 is 0. The molecule has 0 unspecified atom stereocenters. The number of benzene rings is 2. The third-order valence-electron chi connectivity index (χ3n) is 4.54. The lowest BCUT2D eigenvalue weighted by Gasteiger charge is -2.26. The molecule has 2 aromatic carbocycles. The van der Waals surface area contributed by atoms with Gasteiger partial charge in [-0.3, -0.25) is 0 Å². The van der Waals surface area contributed by atoms with Gasteiger partial charge >= 0.3 is 0 Å². The minimum atomic E-state index is 0.429. The van der Waals surface area contributed by atoms with Crippen LogP contribution in [0, 0.1) is 6.92 Å². The Morgan fingerprint density at radius 1 is 0.750 bits per heavy atom. The molecule has 0 bridgehead atoms. The van der Waals surface area contributed by atoms with Crippen LogP contribution in [0.5, 0.6) is 0 Å². The Morgan fingerprint density at radius 3 is 1.80 bits per heavy atom. The van der Waals surface area contributed by atoms with E-state index in [0.717, 1.165) is 0 Å². The minimum absolute atomic E-state index is 0.429. The molecule has 1 fully saturated rings. The van der Waals surface area contributed by atoms with Crippen LogP contribution in [-0.2, 0) is 0 Å². The summed E-state index contributed by atoms with van der Waals surface area (Å²) in [6, 6.07) is 18.3. The molecule has 20 heavy (non-hydrogen) atoms. The van der Waals surface area contributed by atoms with Crippen molar-refractivity contribution in [3.8, 4) is 11.1 Å². The van der Waals surface area contributed by atoms with Gasteiger partial charge in [-0.15, -0.1) is 0 Å². The van der Waals surface area contributed by atoms with Gasteiger partial charge in [-0.25, -0.2) is 0 Å². The van der Waals surface area contributed by atoms with Gasteiger partial charge in [0.15, 0.2) is 0 Å². The Labute approximate surface area is 121 Å². The zero-order chi connectivity index (χ0) is 13.9. The van der Waals surface area contributed by atoms with Crippen molar-refractivity contribution in [3.05, 3.63) is 59.7 Å². The van der Waals surface area contributed by atoms with Crippen LogP contribution >= 0.6 is 0 Å². The first-order valence-corrected chi connectivity index (χ1v) is 7.65. The van der Waals surface area contributed by atoms with Gasteiger partial charge in [0.1, 0.15) is 0 Å². The summed E-state index contributed by atoms with van der Waals surface area (Å²) in [4.78, 5) is 0. The van der Waals surface area contributed by atoms with Gasteiger partial charge in [0.05, 0.1) is 0 Å². The maximum atomic E-state index is 5.99. The summed E-state index contributed by atoms with van der Waals surface area (Å²) in [6.45, 7) is 2.13. The molecule has 0 radical (unpaired) electrons. The van der Waals surface area contributed by atoms with Gasteiger partial charge in [-0.2, -0.15) is 0 Å². The second-order valence-corrected chi connectivity index (χ2v) is 6.10. The number of hydrogen-bond acceptors (Lipinski definition) is 1. The van der Waals surface area contributed by atoms with Gasteiger partial charge in [-0.1, -0.05) is 54.1 Å². The van der Waals surface area contributed by atoms with Gasteiger partial charge in [0.2, 0.25) is 0 Å². The molecule has 0 spiro atoms. The van der Waals surface area contributed by atoms with E-state index in [1.165, 1.54) is 47.9 Å². The number of nitrogens with two attached hydrogens (primary N) is 1. The second kappa shape index (κ2) is 5.80. The zero-order valence-corrected chi connectivity index (χ0v) is 12.2. The molecular weight excluding hydrogens is 242 g/mol. The van der Waals surface area contributed by atoms with Gasteiger partial charge < -0.3 is 5.73 Å². The fourth-order valence-electron chi connectivity index (χ4n) is 3.15. The molecule has 1 aliphatic carbocycles. The average Bonchev–Trinajstić information content (AvgIpc) is 2.49. The highest BCUT2D eigenvalue weighted by atomic mass is 14.6. The van der Waals surface area contributed by atoms with Crippen LogP contribution < -0.4 is 5.73 Å². The van der Waals surface area contributed by atoms with Crippen molar-refractivity contribution in [2.24, 2.45) is 5.73 Å². The summed E-state index contributed by atoms with van der Waals surface area (Å²) in [5.74, 6) is 0.710. The van der Waals surface area contributed by atoms with Crippen LogP contribution in [0.15, 0.2) is 48.5 Å². The van der Waals surface area contributed by atoms with E-state index in [-0.39, 0.29) is 0 Å². The number of rotatable bonds is 2. The van der Waals surface area contributed by atoms with E-state index < -0.39 is 0 Å². The fraction of sp³-hybridized carbons (Fsp3) is 0.368. The molecular formula is C19H23N. The van der Waals surface area contributed by atoms with Gasteiger partial charge in [0.25, 0.3) is 0 Å². The van der Waals surface area contributed by atoms with Crippen molar-refractivity contribution < 1.29 is 0 Å². The van der Waals surface area contributed by atoms with E-state index in [2.05, 4.69) is 55.5 Å². The summed E-state index contributed by atoms with van der Waals surface area (Å²) in [7, 11) is 0. The van der Waals surface area contributed by atoms with Crippen LogP contribution in [-0.4, -0.2) is 6.04 Å². The standard InChI is InChI=1S/C19H23N/c1-14-2-4-15(5-3-14)16-6-8-17(9-7-16)18-10-12-19(20)13-11-18/h2-9,18-19H,10-13,20H2,1H3. The Bertz CT molecular complexity index is 545. The molecule has 0 aromatic heterocycles. The molecule has 1 aliphatic rings. The van der Waals surface area contributed by atoms with Crippen LogP contribution in [0.3, 0.4) is 0 Å². The highest BCUT2D eigenvalue weighted by Gasteiger charge is 2.19. The minimum Gasteiger partial charge on any atom is -0.328 e. The van der Waals surface area contributed by atoms with Gasteiger partial charge in [0, 0.05) is 6.04 Å². The van der Waals surface area contributed by atoms with E-state index in [9.17, 15) is 0 Å². The van der Waals surface area contributed by atoms with Crippen molar-refractivity contribution in [1.82, 2.24) is 0 Å². The topological polar surface area (TPSA) is 26.0 Å². The third-order valence-corrected chi connectivity index (χ3v) is 4.54. The van der Waals surface area contributed by atoms with E-state index in [1.807, 2.05) is 0 Å². The zero-order valence-electron chi connectivity index (χ0n) is 12.2. The molecule has 0 amide bonds. The van der Waals surface area contributed by atoms with Crippen LogP contribution in [0.25, 0.3) is 11.1 Å². The lowest BCUT2D eigenvalue weighted by Crippen LogP contribution is -2.25. The summed E-state index contributed by atoms with van der Waals surface area (Å²) < 4.78 is 0. The largest absolute Gasteiger partial charge is 0.328 e. The first-order valence-electron chi connectivity index (χ1n) is 7.65. The van der Waals surface area contributed by atoms with Crippen LogP contribution in [0.1, 0.15) is 42.7 Å². The van der Waals surface area contributed by atoms with Gasteiger partial charge in [-0.05, 0) is 55.2 Å². The van der Waals surface area contributed by atoms with Crippen molar-refractivity contribution in [3.63, 3.8) is 0 Å². The summed E-state index contributed by atoms with van der Waals surface area (Å²) in [5, 5.41) is 0. The SMILES string of the molecule is Cc1ccc(-c2ccc(C3CCC(N)CC3)cc2)cc1. The molecule has 1 nitrogen and oxygen atoms in total. The molecule has 1 heteroatoms. The molecule has 0 aliphatic heterocycles. The highest BCUT2D eigenvalue weighted by molar-refractivity contribution is 5.64. The van der Waals surface area contributed by atoms with Crippen LogP contribution in [0.2, 0.25) is 0 Å². The monoisotopic (exact) mass is 265 g/mol. The smallest absolute Gasteiger partial charge is 0.00392 e. The first-order chi connectivity index (χ1) is 9.72. The summed E-state index contributed by atoms with van der Waals surface area (Å²) in [5.41, 5.74) is 11.4. The number of aryl methyl sites for hydroxylation is 1. The van der Waals surface area contributed by atoms with Crippen LogP contribution in [0.4, 0.5) is 0 Å². The lowest BCUT2D eigenvalue weighted by molar-refractivity contribution is 0.395. The Hall–Kier alpha value is -1.60. The molecule has 0 saturated heterocycles. The molecule has 2 aromatic rings. The molecule has 0 atom stereocenters. The second-order valence-electron chi connectivity index (χ2n) is 6.10. The van der Waals surface area contributed by atoms with E-state index in [1.54, 1.807) is 0 Å². The van der Waals surface area contributed by atoms with Crippen molar-refractivity contribution in [2.75, 3.05) is 0 Å². The Morgan fingerprint density at radius 2 is 1.25 bits per heavy atom. The molecule has 1 saturated carbocycles. The van der Waals surface area contributed by atoms with Crippen molar-refractivity contribution >= 4 is 0 Å². The molecule has 3 rings (SSSR count). The average molecular weight is 265 g/mol. The summed E-state index contributed by atoms with van der Waals surface area (Å²) in [6.07, 6.45) is 4.82. The Balaban J connectivity index is 1.76. The maximum Gasteiger partial charge on any atom is 0.00392 e. The number of hydrogen-bond donors (Lipinski definition) is 1. The Kier molecular flexibility index (Phi) is 3.88. The molecule has 2 N–H and O–H groups in total. The predicted molar refractivity (Wildman–Crippen MR) is 85.8 cm³/mol. The fourth-order valence-corrected chi connectivity index (χ4v) is 3.15.